The number of hydrogen-bond acceptors (Lipinski definition) is 4. The van der Waals surface area contributed by atoms with E-state index in [9.17, 15) is 18.0 Å². The third kappa shape index (κ3) is 4.41. The first-order chi connectivity index (χ1) is 13.7. The molecule has 0 bridgehead atoms. The highest BCUT2D eigenvalue weighted by Crippen LogP contribution is 2.37. The maximum absolute atomic E-state index is 13.1. The van der Waals surface area contributed by atoms with E-state index in [4.69, 9.17) is 23.2 Å². The van der Waals surface area contributed by atoms with E-state index < -0.39 is 11.2 Å². The molecule has 0 aliphatic carbocycles. The summed E-state index contributed by atoms with van der Waals surface area (Å²) in [6.45, 7) is 4.68. The van der Waals surface area contributed by atoms with Crippen LogP contribution in [0, 0.1) is 0 Å². The smallest absolute Gasteiger partial charge is 0.340 e. The third-order valence-corrected chi connectivity index (χ3v) is 5.63. The zero-order chi connectivity index (χ0) is 21.3. The lowest BCUT2D eigenvalue weighted by molar-refractivity contribution is -0.138. The van der Waals surface area contributed by atoms with E-state index in [1.165, 1.54) is 18.2 Å². The third-order valence-electron chi connectivity index (χ3n) is 4.13. The van der Waals surface area contributed by atoms with Gasteiger partial charge in [0.2, 0.25) is 15.9 Å². The number of carbonyl (C=O) groups excluding carboxylic acids is 1. The molecular formula is C18H15Cl2F3N4OS. The standard InChI is InChI=1S/C18H15Cl2F3N4OS/c1-3-26(4-2)14(28)8-7-13-15(11-6-5-10(19)9-12(11)20)24-17-27(13)25-16(29-17)18(21,22)23/h5-9H,3-4H2,1-2H3. The Morgan fingerprint density at radius 1 is 1.28 bits per heavy atom. The highest BCUT2D eigenvalue weighted by molar-refractivity contribution is 7.16. The van der Waals surface area contributed by atoms with Crippen molar-refractivity contribution in [1.29, 1.82) is 0 Å². The lowest BCUT2D eigenvalue weighted by Gasteiger charge is -2.15. The number of fused-ring (bicyclic) bond motifs is 1. The molecule has 0 unspecified atom stereocenters. The topological polar surface area (TPSA) is 50.5 Å². The van der Waals surface area contributed by atoms with Gasteiger partial charge in [-0.15, -0.1) is 5.10 Å². The molecule has 5 nitrogen and oxygen atoms in total. The van der Waals surface area contributed by atoms with Gasteiger partial charge in [-0.2, -0.15) is 13.2 Å². The van der Waals surface area contributed by atoms with E-state index in [2.05, 4.69) is 10.1 Å². The first-order valence-electron chi connectivity index (χ1n) is 8.54. The van der Waals surface area contributed by atoms with E-state index >= 15 is 0 Å². The maximum Gasteiger partial charge on any atom is 0.445 e. The van der Waals surface area contributed by atoms with Gasteiger partial charge in [0.15, 0.2) is 0 Å². The van der Waals surface area contributed by atoms with Crippen LogP contribution in [-0.4, -0.2) is 38.5 Å². The van der Waals surface area contributed by atoms with Crippen LogP contribution in [0.3, 0.4) is 0 Å². The number of carbonyl (C=O) groups is 1. The fraction of sp³-hybridized carbons (Fsp3) is 0.278. The van der Waals surface area contributed by atoms with Crippen LogP contribution in [-0.2, 0) is 11.0 Å². The van der Waals surface area contributed by atoms with Crippen molar-refractivity contribution >= 4 is 51.5 Å². The first-order valence-corrected chi connectivity index (χ1v) is 10.1. The van der Waals surface area contributed by atoms with Gasteiger partial charge in [0, 0.05) is 29.8 Å². The van der Waals surface area contributed by atoms with E-state index in [-0.39, 0.29) is 21.6 Å². The fourth-order valence-electron chi connectivity index (χ4n) is 2.70. The number of amides is 1. The monoisotopic (exact) mass is 462 g/mol. The average Bonchev–Trinajstić information content (AvgIpc) is 3.19. The summed E-state index contributed by atoms with van der Waals surface area (Å²) in [5.41, 5.74) is 0.997. The highest BCUT2D eigenvalue weighted by Gasteiger charge is 2.36. The minimum Gasteiger partial charge on any atom is -0.340 e. The molecule has 3 rings (SSSR count). The maximum atomic E-state index is 13.1. The van der Waals surface area contributed by atoms with Crippen LogP contribution >= 0.6 is 34.5 Å². The van der Waals surface area contributed by atoms with Crippen LogP contribution in [0.4, 0.5) is 13.2 Å². The van der Waals surface area contributed by atoms with Crippen LogP contribution in [0.5, 0.6) is 0 Å². The van der Waals surface area contributed by atoms with Crippen LogP contribution in [0.2, 0.25) is 10.0 Å². The summed E-state index contributed by atoms with van der Waals surface area (Å²) < 4.78 is 40.3. The Kier molecular flexibility index (Phi) is 6.21. The summed E-state index contributed by atoms with van der Waals surface area (Å²) in [4.78, 5) is 18.2. The Balaban J connectivity index is 2.17. The molecule has 29 heavy (non-hydrogen) atoms. The van der Waals surface area contributed by atoms with Gasteiger partial charge in [-0.25, -0.2) is 9.50 Å². The van der Waals surface area contributed by atoms with Crippen LogP contribution in [0.25, 0.3) is 22.3 Å². The summed E-state index contributed by atoms with van der Waals surface area (Å²) in [6.07, 6.45) is -1.90. The van der Waals surface area contributed by atoms with E-state index in [1.54, 1.807) is 17.0 Å². The number of nitrogens with zero attached hydrogens (tertiary/aromatic N) is 4. The van der Waals surface area contributed by atoms with Crippen molar-refractivity contribution in [3.8, 4) is 11.3 Å². The molecule has 1 amide bonds. The number of aromatic nitrogens is 3. The molecule has 0 fully saturated rings. The predicted molar refractivity (Wildman–Crippen MR) is 108 cm³/mol. The van der Waals surface area contributed by atoms with Gasteiger partial charge in [0.25, 0.3) is 0 Å². The van der Waals surface area contributed by atoms with Crippen molar-refractivity contribution in [2.24, 2.45) is 0 Å². The summed E-state index contributed by atoms with van der Waals surface area (Å²) in [5.74, 6) is -0.274. The molecule has 0 saturated heterocycles. The molecular weight excluding hydrogens is 448 g/mol. The van der Waals surface area contributed by atoms with Gasteiger partial charge < -0.3 is 4.90 Å². The Morgan fingerprint density at radius 2 is 1.97 bits per heavy atom. The number of rotatable bonds is 5. The van der Waals surface area contributed by atoms with Gasteiger partial charge in [0.1, 0.15) is 5.69 Å². The molecule has 0 radical (unpaired) electrons. The molecule has 2 aromatic heterocycles. The van der Waals surface area contributed by atoms with E-state index in [0.717, 1.165) is 4.52 Å². The molecule has 11 heteroatoms. The zero-order valence-electron chi connectivity index (χ0n) is 15.3. The van der Waals surface area contributed by atoms with Gasteiger partial charge in [-0.3, -0.25) is 4.79 Å². The summed E-state index contributed by atoms with van der Waals surface area (Å²) in [7, 11) is 0. The van der Waals surface area contributed by atoms with Crippen LogP contribution in [0.1, 0.15) is 24.5 Å². The second kappa shape index (κ2) is 8.33. The molecule has 0 atom stereocenters. The Hall–Kier alpha value is -2.10. The lowest BCUT2D eigenvalue weighted by Crippen LogP contribution is -2.28. The summed E-state index contributed by atoms with van der Waals surface area (Å²) >= 11 is 12.6. The Bertz CT molecular complexity index is 1090. The van der Waals surface area contributed by atoms with Crippen molar-refractivity contribution in [3.63, 3.8) is 0 Å². The quantitative estimate of drug-likeness (QED) is 0.459. The fourth-order valence-corrected chi connectivity index (χ4v) is 3.97. The van der Waals surface area contributed by atoms with Crippen molar-refractivity contribution < 1.29 is 18.0 Å². The van der Waals surface area contributed by atoms with Gasteiger partial charge in [0.05, 0.1) is 10.7 Å². The molecule has 0 saturated carbocycles. The van der Waals surface area contributed by atoms with Crippen LogP contribution in [0.15, 0.2) is 24.3 Å². The van der Waals surface area contributed by atoms with E-state index in [0.29, 0.717) is 40.7 Å². The number of benzene rings is 1. The average molecular weight is 463 g/mol. The number of hydrogen-bond donors (Lipinski definition) is 0. The van der Waals surface area contributed by atoms with Crippen molar-refractivity contribution in [3.05, 3.63) is 45.0 Å². The first kappa shape index (κ1) is 21.6. The van der Waals surface area contributed by atoms with Crippen molar-refractivity contribution in [2.45, 2.75) is 20.0 Å². The van der Waals surface area contributed by atoms with Crippen molar-refractivity contribution in [2.75, 3.05) is 13.1 Å². The molecule has 0 aliphatic heterocycles. The normalized spacial score (nSPS) is 12.2. The van der Waals surface area contributed by atoms with E-state index in [1.807, 2.05) is 13.8 Å². The molecule has 154 valence electrons. The summed E-state index contributed by atoms with van der Waals surface area (Å²) in [6, 6.07) is 4.72. The molecule has 3 aromatic rings. The van der Waals surface area contributed by atoms with Gasteiger partial charge in [-0.05, 0) is 38.1 Å². The molecule has 0 N–H and O–H groups in total. The van der Waals surface area contributed by atoms with Gasteiger partial charge >= 0.3 is 6.18 Å². The van der Waals surface area contributed by atoms with Gasteiger partial charge in [-0.1, -0.05) is 34.5 Å². The van der Waals surface area contributed by atoms with Crippen LogP contribution < -0.4 is 0 Å². The highest BCUT2D eigenvalue weighted by atomic mass is 35.5. The van der Waals surface area contributed by atoms with Crippen molar-refractivity contribution in [1.82, 2.24) is 19.5 Å². The Morgan fingerprint density at radius 3 is 2.55 bits per heavy atom. The second-order valence-corrected chi connectivity index (χ2v) is 7.71. The largest absolute Gasteiger partial charge is 0.445 e. The number of halogens is 5. The number of likely N-dealkylation sites (N-methyl/N-ethyl adjacent to an activating group) is 1. The summed E-state index contributed by atoms with van der Waals surface area (Å²) in [5, 5.41) is 3.30. The molecule has 0 spiro atoms. The number of imidazole rings is 1. The molecule has 2 heterocycles. The second-order valence-electron chi connectivity index (χ2n) is 5.91. The lowest BCUT2D eigenvalue weighted by atomic mass is 10.1. The molecule has 0 aliphatic rings. The number of alkyl halides is 3. The molecule has 1 aromatic carbocycles. The SMILES string of the molecule is CCN(CC)C(=O)C=Cc1c(-c2ccc(Cl)cc2Cl)nc2sc(C(F)(F)F)nn12. The minimum atomic E-state index is -4.60. The zero-order valence-corrected chi connectivity index (χ0v) is 17.6. The predicted octanol–water partition coefficient (Wildman–Crippen LogP) is 5.67. The Labute approximate surface area is 178 Å². The minimum absolute atomic E-state index is 0.0354.